The number of rotatable bonds is 17. The van der Waals surface area contributed by atoms with Crippen LogP contribution in [0.1, 0.15) is 99.9 Å². The summed E-state index contributed by atoms with van der Waals surface area (Å²) in [7, 11) is 0. The quantitative estimate of drug-likeness (QED) is 0.0884. The Morgan fingerprint density at radius 2 is 1.22 bits per heavy atom. The number of fused-ring (bicyclic) bond motifs is 2. The number of aliphatic hydroxyl groups excluding tert-OH is 1. The van der Waals surface area contributed by atoms with Gasteiger partial charge in [0.15, 0.2) is 5.75 Å². The van der Waals surface area contributed by atoms with Crippen LogP contribution < -0.4 is 14.9 Å². The Kier molecular flexibility index (Phi) is 14.6. The van der Waals surface area contributed by atoms with Crippen molar-refractivity contribution in [1.29, 1.82) is 0 Å². The van der Waals surface area contributed by atoms with Crippen LogP contribution in [0, 0.1) is 0 Å². The third-order valence-corrected chi connectivity index (χ3v) is 7.46. The van der Waals surface area contributed by atoms with Crippen molar-refractivity contribution >= 4 is 57.8 Å². The Morgan fingerprint density at radius 1 is 0.686 bits per heavy atom. The van der Waals surface area contributed by atoms with Crippen LogP contribution in [0.4, 0.5) is 0 Å². The Balaban J connectivity index is 2.45. The maximum atomic E-state index is 14.3. The van der Waals surface area contributed by atoms with Crippen LogP contribution in [0.3, 0.4) is 0 Å². The zero-order valence-electron chi connectivity index (χ0n) is 29.4. The Hall–Kier alpha value is -5.31. The first-order chi connectivity index (χ1) is 24.3. The van der Waals surface area contributed by atoms with Gasteiger partial charge in [-0.05, 0) is 26.0 Å². The van der Waals surface area contributed by atoms with Crippen LogP contribution in [0.25, 0.3) is 21.9 Å². The van der Waals surface area contributed by atoms with E-state index in [1.165, 1.54) is 19.9 Å². The van der Waals surface area contributed by atoms with Gasteiger partial charge in [0.05, 0.1) is 36.3 Å². The molecule has 0 spiro atoms. The van der Waals surface area contributed by atoms with Crippen LogP contribution in [0.5, 0.6) is 11.5 Å². The van der Waals surface area contributed by atoms with E-state index in [2.05, 4.69) is 0 Å². The van der Waals surface area contributed by atoms with Gasteiger partial charge < -0.3 is 37.9 Å². The molecule has 0 saturated carbocycles. The number of esters is 6. The number of hydrogen-bond acceptors (Lipinski definition) is 15. The molecule has 15 nitrogen and oxygen atoms in total. The van der Waals surface area contributed by atoms with Gasteiger partial charge in [-0.25, -0.2) is 9.59 Å². The Labute approximate surface area is 293 Å². The average Bonchev–Trinajstić information content (AvgIpc) is 3.11. The first-order valence-electron chi connectivity index (χ1n) is 16.7. The van der Waals surface area contributed by atoms with E-state index in [4.69, 9.17) is 32.8 Å². The van der Waals surface area contributed by atoms with E-state index in [0.29, 0.717) is 0 Å². The second-order valence-electron chi connectivity index (χ2n) is 11.0. The largest absolute Gasteiger partial charge is 0.462 e. The molecule has 1 heterocycles. The van der Waals surface area contributed by atoms with Gasteiger partial charge in [0.2, 0.25) is 5.43 Å². The van der Waals surface area contributed by atoms with E-state index in [9.17, 15) is 38.7 Å². The van der Waals surface area contributed by atoms with Crippen molar-refractivity contribution in [2.75, 3.05) is 19.8 Å². The van der Waals surface area contributed by atoms with Crippen molar-refractivity contribution in [2.24, 2.45) is 0 Å². The van der Waals surface area contributed by atoms with Crippen LogP contribution in [-0.2, 0) is 44.5 Å². The van der Waals surface area contributed by atoms with Gasteiger partial charge >= 0.3 is 35.8 Å². The van der Waals surface area contributed by atoms with Crippen molar-refractivity contribution < 1.29 is 66.7 Å². The van der Waals surface area contributed by atoms with Crippen LogP contribution in [0.15, 0.2) is 27.4 Å². The van der Waals surface area contributed by atoms with E-state index >= 15 is 0 Å². The molecular formula is C36H42O15. The zero-order valence-corrected chi connectivity index (χ0v) is 29.4. The molecule has 2 aromatic carbocycles. The predicted octanol–water partition coefficient (Wildman–Crippen LogP) is 4.50. The Morgan fingerprint density at radius 3 is 1.75 bits per heavy atom. The second kappa shape index (κ2) is 18.6. The highest BCUT2D eigenvalue weighted by molar-refractivity contribution is 6.08. The monoisotopic (exact) mass is 714 g/mol. The van der Waals surface area contributed by atoms with Gasteiger partial charge in [-0.15, -0.1) is 0 Å². The van der Waals surface area contributed by atoms with Gasteiger partial charge in [-0.3, -0.25) is 24.0 Å². The van der Waals surface area contributed by atoms with Gasteiger partial charge in [-0.1, -0.05) is 27.7 Å². The number of aliphatic hydroxyl groups is 1. The van der Waals surface area contributed by atoms with Crippen LogP contribution in [-0.4, -0.2) is 73.0 Å². The lowest BCUT2D eigenvalue weighted by molar-refractivity contribution is -0.157. The van der Waals surface area contributed by atoms with Gasteiger partial charge in [0.25, 0.3) is 0 Å². The highest BCUT2D eigenvalue weighted by Gasteiger charge is 2.31. The molecule has 0 fully saturated rings. The molecule has 3 rings (SSSR count). The van der Waals surface area contributed by atoms with Crippen molar-refractivity contribution in [3.05, 3.63) is 45.1 Å². The maximum Gasteiger partial charge on any atom is 0.339 e. The summed E-state index contributed by atoms with van der Waals surface area (Å²) in [5.41, 5.74) is -1.75. The summed E-state index contributed by atoms with van der Waals surface area (Å²) in [6.07, 6.45) is -3.12. The molecule has 2 unspecified atom stereocenters. The summed E-state index contributed by atoms with van der Waals surface area (Å²) >= 11 is 0. The smallest absolute Gasteiger partial charge is 0.339 e. The first-order valence-corrected chi connectivity index (χ1v) is 16.7. The molecule has 51 heavy (non-hydrogen) atoms. The van der Waals surface area contributed by atoms with Gasteiger partial charge in [-0.2, -0.15) is 0 Å². The highest BCUT2D eigenvalue weighted by atomic mass is 16.6. The zero-order chi connectivity index (χ0) is 37.8. The van der Waals surface area contributed by atoms with Crippen LogP contribution in [0.2, 0.25) is 0 Å². The summed E-state index contributed by atoms with van der Waals surface area (Å²) in [6.45, 7) is 8.61. The minimum atomic E-state index is -1.16. The standard InChI is InChI=1S/C36H42O15/c1-7-28(38)47-19(13-20(18-37)48-29(39)8-2)14-24-26(50-30(40)9-3)17-27-32(34(24)51-31(41)10-4)33(42)23-15-21(35(43)45-11-5)22(16-25(23)49-27)36(44)46-12-6/h15-17,19-20,37H,7-14,18H2,1-6H3. The second-order valence-corrected chi connectivity index (χ2v) is 11.0. The molecule has 0 aliphatic carbocycles. The molecule has 0 amide bonds. The fraction of sp³-hybridized carbons (Fsp3) is 0.472. The minimum Gasteiger partial charge on any atom is -0.462 e. The topological polar surface area (TPSA) is 208 Å². The van der Waals surface area contributed by atoms with Crippen molar-refractivity contribution in [3.8, 4) is 11.5 Å². The van der Waals surface area contributed by atoms with E-state index in [1.807, 2.05) is 0 Å². The summed E-state index contributed by atoms with van der Waals surface area (Å²) in [4.78, 5) is 90.3. The summed E-state index contributed by atoms with van der Waals surface area (Å²) < 4.78 is 38.6. The van der Waals surface area contributed by atoms with E-state index in [-0.39, 0.29) is 102 Å². The molecule has 1 aromatic heterocycles. The normalized spacial score (nSPS) is 12.1. The molecule has 3 aromatic rings. The number of ether oxygens (including phenoxy) is 6. The molecule has 0 bridgehead atoms. The lowest BCUT2D eigenvalue weighted by Crippen LogP contribution is -2.31. The SMILES string of the molecule is CCOC(=O)c1cc2oc3cc(OC(=O)CC)c(CC(CC(CO)OC(=O)CC)OC(=O)CC)c(OC(=O)CC)c3c(=O)c2cc1C(=O)OCC. The third kappa shape index (κ3) is 9.90. The average molecular weight is 715 g/mol. The van der Waals surface area contributed by atoms with Crippen molar-refractivity contribution in [2.45, 2.75) is 92.3 Å². The van der Waals surface area contributed by atoms with Crippen LogP contribution >= 0.6 is 0 Å². The summed E-state index contributed by atoms with van der Waals surface area (Å²) in [5.74, 6) is -5.19. The first kappa shape index (κ1) is 40.1. The summed E-state index contributed by atoms with van der Waals surface area (Å²) in [6, 6.07) is 3.47. The lowest BCUT2D eigenvalue weighted by atomic mass is 9.97. The molecule has 0 saturated heterocycles. The lowest BCUT2D eigenvalue weighted by Gasteiger charge is -2.25. The minimum absolute atomic E-state index is 0.0116. The Bertz CT molecular complexity index is 1860. The molecule has 0 aliphatic rings. The predicted molar refractivity (Wildman–Crippen MR) is 180 cm³/mol. The molecular weight excluding hydrogens is 672 g/mol. The fourth-order valence-corrected chi connectivity index (χ4v) is 4.97. The summed E-state index contributed by atoms with van der Waals surface area (Å²) in [5, 5.41) is 9.48. The van der Waals surface area contributed by atoms with Gasteiger partial charge in [0, 0.05) is 50.2 Å². The van der Waals surface area contributed by atoms with Crippen molar-refractivity contribution in [1.82, 2.24) is 0 Å². The highest BCUT2D eigenvalue weighted by Crippen LogP contribution is 2.40. The number of hydrogen-bond donors (Lipinski definition) is 1. The molecule has 0 radical (unpaired) electrons. The molecule has 2 atom stereocenters. The van der Waals surface area contributed by atoms with Gasteiger partial charge in [0.1, 0.15) is 34.5 Å². The van der Waals surface area contributed by atoms with E-state index < -0.39 is 60.1 Å². The number of carbonyl (C=O) groups excluding carboxylic acids is 6. The molecule has 276 valence electrons. The fourth-order valence-electron chi connectivity index (χ4n) is 4.97. The number of benzene rings is 2. The molecule has 15 heteroatoms. The molecule has 1 N–H and O–H groups in total. The molecule has 0 aliphatic heterocycles. The number of carbonyl (C=O) groups is 6. The van der Waals surface area contributed by atoms with Crippen molar-refractivity contribution in [3.63, 3.8) is 0 Å². The maximum absolute atomic E-state index is 14.3. The van der Waals surface area contributed by atoms with E-state index in [1.54, 1.807) is 27.7 Å². The third-order valence-electron chi connectivity index (χ3n) is 7.46. The van der Waals surface area contributed by atoms with E-state index in [0.717, 1.165) is 12.1 Å².